The second-order valence-corrected chi connectivity index (χ2v) is 3.50. The van der Waals surface area contributed by atoms with Crippen molar-refractivity contribution in [2.75, 3.05) is 6.54 Å². The maximum Gasteiger partial charge on any atom is 0.226 e. The Bertz CT molecular complexity index is 210. The van der Waals surface area contributed by atoms with Gasteiger partial charge in [-0.25, -0.2) is 0 Å². The summed E-state index contributed by atoms with van der Waals surface area (Å²) in [6.07, 6.45) is 8.45. The summed E-state index contributed by atoms with van der Waals surface area (Å²) in [5.74, 6) is 0.279. The first-order valence-electron chi connectivity index (χ1n) is 4.27. The zero-order valence-electron chi connectivity index (χ0n) is 6.60. The SMILES string of the molecule is O=C1NCCC12CC=CCC2. The van der Waals surface area contributed by atoms with Gasteiger partial charge in [0.2, 0.25) is 5.91 Å². The van der Waals surface area contributed by atoms with E-state index in [1.165, 1.54) is 0 Å². The topological polar surface area (TPSA) is 29.1 Å². The first-order valence-corrected chi connectivity index (χ1v) is 4.27. The van der Waals surface area contributed by atoms with Crippen LogP contribution in [0.1, 0.15) is 25.7 Å². The van der Waals surface area contributed by atoms with Gasteiger partial charge in [-0.2, -0.15) is 0 Å². The molecule has 2 nitrogen and oxygen atoms in total. The van der Waals surface area contributed by atoms with Gasteiger partial charge in [-0.1, -0.05) is 12.2 Å². The average Bonchev–Trinajstić information content (AvgIpc) is 2.36. The van der Waals surface area contributed by atoms with E-state index in [1.807, 2.05) is 0 Å². The number of allylic oxidation sites excluding steroid dienone is 2. The van der Waals surface area contributed by atoms with Crippen molar-refractivity contribution in [3.05, 3.63) is 12.2 Å². The van der Waals surface area contributed by atoms with Gasteiger partial charge in [0.15, 0.2) is 0 Å². The standard InChI is InChI=1S/C9H13NO/c11-8-9(6-7-10-8)4-2-1-3-5-9/h1-2H,3-7H2,(H,10,11). The van der Waals surface area contributed by atoms with Crippen molar-refractivity contribution in [1.82, 2.24) is 5.32 Å². The lowest BCUT2D eigenvalue weighted by Gasteiger charge is -2.26. The number of carbonyl (C=O) groups is 1. The lowest BCUT2D eigenvalue weighted by molar-refractivity contribution is -0.127. The van der Waals surface area contributed by atoms with E-state index < -0.39 is 0 Å². The predicted molar refractivity (Wildman–Crippen MR) is 43.1 cm³/mol. The van der Waals surface area contributed by atoms with Gasteiger partial charge in [0.05, 0.1) is 5.41 Å². The molecule has 0 aromatic carbocycles. The molecule has 0 saturated carbocycles. The van der Waals surface area contributed by atoms with Gasteiger partial charge >= 0.3 is 0 Å². The van der Waals surface area contributed by atoms with Crippen LogP contribution in [0.15, 0.2) is 12.2 Å². The molecular formula is C9H13NO. The molecule has 11 heavy (non-hydrogen) atoms. The van der Waals surface area contributed by atoms with Crippen LogP contribution in [-0.2, 0) is 4.79 Å². The van der Waals surface area contributed by atoms with Gasteiger partial charge in [-0.15, -0.1) is 0 Å². The zero-order valence-corrected chi connectivity index (χ0v) is 6.60. The van der Waals surface area contributed by atoms with Crippen LogP contribution in [0.2, 0.25) is 0 Å². The molecule has 1 atom stereocenters. The summed E-state index contributed by atoms with van der Waals surface area (Å²) in [5.41, 5.74) is -0.00521. The molecule has 0 aromatic rings. The van der Waals surface area contributed by atoms with Crippen molar-refractivity contribution in [3.8, 4) is 0 Å². The van der Waals surface area contributed by atoms with Crippen LogP contribution in [0, 0.1) is 5.41 Å². The molecule has 0 aromatic heterocycles. The van der Waals surface area contributed by atoms with Gasteiger partial charge in [-0.05, 0) is 25.7 Å². The highest BCUT2D eigenvalue weighted by atomic mass is 16.2. The summed E-state index contributed by atoms with van der Waals surface area (Å²) in [6, 6.07) is 0. The molecule has 0 bridgehead atoms. The lowest BCUT2D eigenvalue weighted by atomic mass is 9.76. The summed E-state index contributed by atoms with van der Waals surface area (Å²) in [5, 5.41) is 2.91. The van der Waals surface area contributed by atoms with E-state index in [0.717, 1.165) is 32.2 Å². The quantitative estimate of drug-likeness (QED) is 0.518. The van der Waals surface area contributed by atoms with E-state index >= 15 is 0 Å². The summed E-state index contributed by atoms with van der Waals surface area (Å²) in [6.45, 7) is 0.882. The molecule has 1 spiro atoms. The van der Waals surface area contributed by atoms with E-state index in [2.05, 4.69) is 17.5 Å². The Kier molecular flexibility index (Phi) is 1.48. The fourth-order valence-corrected chi connectivity index (χ4v) is 2.04. The van der Waals surface area contributed by atoms with Crippen LogP contribution in [-0.4, -0.2) is 12.5 Å². The predicted octanol–water partition coefficient (Wildman–Crippen LogP) is 1.23. The van der Waals surface area contributed by atoms with Crippen LogP contribution in [0.4, 0.5) is 0 Å². The first-order chi connectivity index (χ1) is 5.33. The highest BCUT2D eigenvalue weighted by Gasteiger charge is 2.41. The lowest BCUT2D eigenvalue weighted by Crippen LogP contribution is -2.31. The number of amides is 1. The highest BCUT2D eigenvalue weighted by molar-refractivity contribution is 5.85. The molecule has 2 aliphatic rings. The van der Waals surface area contributed by atoms with E-state index in [-0.39, 0.29) is 11.3 Å². The van der Waals surface area contributed by atoms with Gasteiger partial charge in [0.25, 0.3) is 0 Å². The molecular weight excluding hydrogens is 138 g/mol. The minimum atomic E-state index is -0.00521. The second kappa shape index (κ2) is 2.36. The monoisotopic (exact) mass is 151 g/mol. The minimum Gasteiger partial charge on any atom is -0.356 e. The Labute approximate surface area is 66.7 Å². The van der Waals surface area contributed by atoms with E-state index in [9.17, 15) is 4.79 Å². The van der Waals surface area contributed by atoms with Crippen molar-refractivity contribution in [1.29, 1.82) is 0 Å². The molecule has 60 valence electrons. The Morgan fingerprint density at radius 3 is 2.82 bits per heavy atom. The first kappa shape index (κ1) is 6.89. The Morgan fingerprint density at radius 2 is 2.27 bits per heavy atom. The van der Waals surface area contributed by atoms with Gasteiger partial charge in [0.1, 0.15) is 0 Å². The molecule has 2 heteroatoms. The third-order valence-electron chi connectivity index (χ3n) is 2.84. The molecule has 1 aliphatic heterocycles. The molecule has 1 N–H and O–H groups in total. The molecule has 1 unspecified atom stereocenters. The van der Waals surface area contributed by atoms with Crippen LogP contribution in [0.25, 0.3) is 0 Å². The fourth-order valence-electron chi connectivity index (χ4n) is 2.04. The largest absolute Gasteiger partial charge is 0.356 e. The molecule has 1 amide bonds. The maximum absolute atomic E-state index is 11.4. The van der Waals surface area contributed by atoms with Crippen LogP contribution in [0.3, 0.4) is 0 Å². The Morgan fingerprint density at radius 1 is 1.36 bits per heavy atom. The Hall–Kier alpha value is -0.790. The number of hydrogen-bond acceptors (Lipinski definition) is 1. The maximum atomic E-state index is 11.4. The number of nitrogens with one attached hydrogen (secondary N) is 1. The van der Waals surface area contributed by atoms with Crippen LogP contribution in [0.5, 0.6) is 0 Å². The van der Waals surface area contributed by atoms with Crippen molar-refractivity contribution in [2.24, 2.45) is 5.41 Å². The second-order valence-electron chi connectivity index (χ2n) is 3.50. The van der Waals surface area contributed by atoms with E-state index in [1.54, 1.807) is 0 Å². The zero-order chi connectivity index (χ0) is 7.73. The number of carbonyl (C=O) groups excluding carboxylic acids is 1. The highest BCUT2D eigenvalue weighted by Crippen LogP contribution is 2.38. The molecule has 1 heterocycles. The van der Waals surface area contributed by atoms with Crippen molar-refractivity contribution in [3.63, 3.8) is 0 Å². The van der Waals surface area contributed by atoms with Gasteiger partial charge in [-0.3, -0.25) is 4.79 Å². The Balaban J connectivity index is 2.20. The molecule has 1 saturated heterocycles. The fraction of sp³-hybridized carbons (Fsp3) is 0.667. The summed E-state index contributed by atoms with van der Waals surface area (Å²) in [7, 11) is 0. The molecule has 0 radical (unpaired) electrons. The number of hydrogen-bond donors (Lipinski definition) is 1. The van der Waals surface area contributed by atoms with Crippen molar-refractivity contribution < 1.29 is 4.79 Å². The third-order valence-corrected chi connectivity index (χ3v) is 2.84. The molecule has 1 aliphatic carbocycles. The minimum absolute atomic E-state index is 0.00521. The van der Waals surface area contributed by atoms with Gasteiger partial charge < -0.3 is 5.32 Å². The molecule has 1 fully saturated rings. The smallest absolute Gasteiger partial charge is 0.226 e. The normalized spacial score (nSPS) is 36.2. The number of rotatable bonds is 0. The summed E-state index contributed by atoms with van der Waals surface area (Å²) >= 11 is 0. The van der Waals surface area contributed by atoms with Crippen molar-refractivity contribution in [2.45, 2.75) is 25.7 Å². The van der Waals surface area contributed by atoms with E-state index in [4.69, 9.17) is 0 Å². The summed E-state index contributed by atoms with van der Waals surface area (Å²) < 4.78 is 0. The van der Waals surface area contributed by atoms with Crippen LogP contribution < -0.4 is 5.32 Å². The van der Waals surface area contributed by atoms with E-state index in [0.29, 0.717) is 0 Å². The van der Waals surface area contributed by atoms with Crippen molar-refractivity contribution >= 4 is 5.91 Å². The summed E-state index contributed by atoms with van der Waals surface area (Å²) in [4.78, 5) is 11.4. The van der Waals surface area contributed by atoms with Gasteiger partial charge in [0, 0.05) is 6.54 Å². The third kappa shape index (κ3) is 0.971. The average molecular weight is 151 g/mol. The van der Waals surface area contributed by atoms with Crippen LogP contribution >= 0.6 is 0 Å². The molecule has 2 rings (SSSR count).